The quantitative estimate of drug-likeness (QED) is 0.726. The number of carbonyl (C=O) groups excluding carboxylic acids is 1. The van der Waals surface area contributed by atoms with Crippen LogP contribution in [-0.2, 0) is 11.3 Å². The van der Waals surface area contributed by atoms with Crippen molar-refractivity contribution in [1.82, 2.24) is 5.32 Å². The van der Waals surface area contributed by atoms with Crippen LogP contribution < -0.4 is 10.6 Å². The summed E-state index contributed by atoms with van der Waals surface area (Å²) >= 11 is 0. The lowest BCUT2D eigenvalue weighted by Crippen LogP contribution is -2.15. The van der Waals surface area contributed by atoms with Crippen molar-refractivity contribution >= 4 is 11.6 Å². The van der Waals surface area contributed by atoms with Crippen LogP contribution in [0, 0.1) is 5.92 Å². The van der Waals surface area contributed by atoms with Gasteiger partial charge < -0.3 is 10.6 Å². The van der Waals surface area contributed by atoms with Gasteiger partial charge in [0.1, 0.15) is 0 Å². The van der Waals surface area contributed by atoms with Crippen LogP contribution in [0.2, 0.25) is 0 Å². The fraction of sp³-hybridized carbons (Fsp3) is 0.533. The maximum absolute atomic E-state index is 11.7. The largest absolute Gasteiger partial charge is 0.326 e. The van der Waals surface area contributed by atoms with Gasteiger partial charge in [0.2, 0.25) is 5.91 Å². The minimum absolute atomic E-state index is 0.149. The number of benzene rings is 1. The van der Waals surface area contributed by atoms with E-state index >= 15 is 0 Å². The molecule has 3 heteroatoms. The number of amides is 1. The average molecular weight is 246 g/mol. The fourth-order valence-corrected chi connectivity index (χ4v) is 1.96. The second-order valence-electron chi connectivity index (χ2n) is 5.07. The van der Waals surface area contributed by atoms with E-state index in [4.69, 9.17) is 0 Å². The van der Waals surface area contributed by atoms with Crippen molar-refractivity contribution in [3.05, 3.63) is 29.8 Å². The molecule has 1 fully saturated rings. The zero-order valence-corrected chi connectivity index (χ0v) is 11.0. The Labute approximate surface area is 109 Å². The monoisotopic (exact) mass is 246 g/mol. The Kier molecular flexibility index (Phi) is 4.76. The minimum Gasteiger partial charge on any atom is -0.326 e. The van der Waals surface area contributed by atoms with Gasteiger partial charge in [-0.1, -0.05) is 19.1 Å². The van der Waals surface area contributed by atoms with E-state index < -0.39 is 0 Å². The lowest BCUT2D eigenvalue weighted by Gasteiger charge is -2.08. The van der Waals surface area contributed by atoms with Crippen LogP contribution in [0.25, 0.3) is 0 Å². The van der Waals surface area contributed by atoms with E-state index in [1.165, 1.54) is 18.4 Å². The highest BCUT2D eigenvalue weighted by Gasteiger charge is 2.24. The first-order chi connectivity index (χ1) is 8.78. The number of anilines is 1. The molecule has 0 aliphatic heterocycles. The average Bonchev–Trinajstić information content (AvgIpc) is 3.13. The Bertz CT molecular complexity index is 399. The van der Waals surface area contributed by atoms with Gasteiger partial charge >= 0.3 is 0 Å². The van der Waals surface area contributed by atoms with E-state index in [1.54, 1.807) is 0 Å². The summed E-state index contributed by atoms with van der Waals surface area (Å²) in [5.74, 6) is 0.788. The Hall–Kier alpha value is -1.35. The SMILES string of the molecule is CCCNCc1cccc(NC(=O)CC2CC2)c1. The molecule has 0 atom stereocenters. The summed E-state index contributed by atoms with van der Waals surface area (Å²) in [5, 5.41) is 6.34. The van der Waals surface area contributed by atoms with Gasteiger partial charge in [-0.25, -0.2) is 0 Å². The molecule has 2 rings (SSSR count). The second-order valence-corrected chi connectivity index (χ2v) is 5.07. The number of nitrogens with one attached hydrogen (secondary N) is 2. The van der Waals surface area contributed by atoms with Gasteiger partial charge in [-0.05, 0) is 49.4 Å². The number of carbonyl (C=O) groups is 1. The second kappa shape index (κ2) is 6.55. The van der Waals surface area contributed by atoms with Crippen LogP contribution in [0.15, 0.2) is 24.3 Å². The maximum atomic E-state index is 11.7. The normalized spacial score (nSPS) is 14.5. The van der Waals surface area contributed by atoms with Crippen LogP contribution in [0.4, 0.5) is 5.69 Å². The molecule has 0 radical (unpaired) electrons. The highest BCUT2D eigenvalue weighted by molar-refractivity contribution is 5.91. The molecule has 0 spiro atoms. The number of rotatable bonds is 7. The van der Waals surface area contributed by atoms with Crippen molar-refractivity contribution in [2.75, 3.05) is 11.9 Å². The predicted molar refractivity (Wildman–Crippen MR) is 74.4 cm³/mol. The summed E-state index contributed by atoms with van der Waals surface area (Å²) < 4.78 is 0. The van der Waals surface area contributed by atoms with Gasteiger partial charge in [0, 0.05) is 18.7 Å². The highest BCUT2D eigenvalue weighted by atomic mass is 16.1. The first-order valence-corrected chi connectivity index (χ1v) is 6.87. The minimum atomic E-state index is 0.149. The highest BCUT2D eigenvalue weighted by Crippen LogP contribution is 2.32. The summed E-state index contributed by atoms with van der Waals surface area (Å²) in [6, 6.07) is 8.08. The van der Waals surface area contributed by atoms with E-state index in [9.17, 15) is 4.79 Å². The predicted octanol–water partition coefficient (Wildman–Crippen LogP) is 2.92. The third kappa shape index (κ3) is 4.49. The van der Waals surface area contributed by atoms with Crippen LogP contribution in [0.5, 0.6) is 0 Å². The van der Waals surface area contributed by atoms with Crippen molar-refractivity contribution in [2.24, 2.45) is 5.92 Å². The molecule has 0 saturated heterocycles. The maximum Gasteiger partial charge on any atom is 0.224 e. The summed E-state index contributed by atoms with van der Waals surface area (Å²) in [5.41, 5.74) is 2.13. The molecule has 0 heterocycles. The standard InChI is InChI=1S/C15H22N2O/c1-2-8-16-11-13-4-3-5-14(9-13)17-15(18)10-12-6-7-12/h3-5,9,12,16H,2,6-8,10-11H2,1H3,(H,17,18). The molecule has 1 amide bonds. The lowest BCUT2D eigenvalue weighted by atomic mass is 10.2. The van der Waals surface area contributed by atoms with Crippen molar-refractivity contribution in [3.63, 3.8) is 0 Å². The van der Waals surface area contributed by atoms with E-state index in [2.05, 4.69) is 23.6 Å². The molecule has 98 valence electrons. The van der Waals surface area contributed by atoms with Crippen LogP contribution in [0.3, 0.4) is 0 Å². The fourth-order valence-electron chi connectivity index (χ4n) is 1.96. The Balaban J connectivity index is 1.83. The van der Waals surface area contributed by atoms with E-state index in [0.29, 0.717) is 12.3 Å². The Morgan fingerprint density at radius 1 is 1.39 bits per heavy atom. The lowest BCUT2D eigenvalue weighted by molar-refractivity contribution is -0.116. The summed E-state index contributed by atoms with van der Waals surface area (Å²) in [7, 11) is 0. The third-order valence-electron chi connectivity index (χ3n) is 3.14. The van der Waals surface area contributed by atoms with Gasteiger partial charge in [0.05, 0.1) is 0 Å². The van der Waals surface area contributed by atoms with Crippen molar-refractivity contribution in [2.45, 2.75) is 39.2 Å². The molecule has 1 aliphatic rings. The van der Waals surface area contributed by atoms with Gasteiger partial charge in [-0.15, -0.1) is 0 Å². The first-order valence-electron chi connectivity index (χ1n) is 6.87. The number of hydrogen-bond acceptors (Lipinski definition) is 2. The smallest absolute Gasteiger partial charge is 0.224 e. The van der Waals surface area contributed by atoms with Gasteiger partial charge in [-0.2, -0.15) is 0 Å². The molecule has 1 aromatic carbocycles. The molecule has 0 unspecified atom stereocenters. The molecule has 1 aromatic rings. The van der Waals surface area contributed by atoms with Crippen LogP contribution in [0.1, 0.15) is 38.2 Å². The van der Waals surface area contributed by atoms with E-state index in [0.717, 1.165) is 25.2 Å². The van der Waals surface area contributed by atoms with Crippen molar-refractivity contribution in [3.8, 4) is 0 Å². The molecule has 18 heavy (non-hydrogen) atoms. The molecule has 3 nitrogen and oxygen atoms in total. The van der Waals surface area contributed by atoms with Gasteiger partial charge in [0.25, 0.3) is 0 Å². The van der Waals surface area contributed by atoms with Crippen molar-refractivity contribution < 1.29 is 4.79 Å². The zero-order chi connectivity index (χ0) is 12.8. The first kappa shape index (κ1) is 13.1. The van der Waals surface area contributed by atoms with E-state index in [-0.39, 0.29) is 5.91 Å². The molecule has 2 N–H and O–H groups in total. The number of hydrogen-bond donors (Lipinski definition) is 2. The Morgan fingerprint density at radius 3 is 2.94 bits per heavy atom. The summed E-state index contributed by atoms with van der Waals surface area (Å²) in [4.78, 5) is 11.7. The molecular weight excluding hydrogens is 224 g/mol. The molecule has 1 aliphatic carbocycles. The van der Waals surface area contributed by atoms with E-state index in [1.807, 2.05) is 18.2 Å². The van der Waals surface area contributed by atoms with Gasteiger partial charge in [-0.3, -0.25) is 4.79 Å². The zero-order valence-electron chi connectivity index (χ0n) is 11.0. The third-order valence-corrected chi connectivity index (χ3v) is 3.14. The molecule has 0 aromatic heterocycles. The van der Waals surface area contributed by atoms with Gasteiger partial charge in [0.15, 0.2) is 0 Å². The Morgan fingerprint density at radius 2 is 2.22 bits per heavy atom. The van der Waals surface area contributed by atoms with Crippen molar-refractivity contribution in [1.29, 1.82) is 0 Å². The van der Waals surface area contributed by atoms with Crippen LogP contribution >= 0.6 is 0 Å². The molecule has 0 bridgehead atoms. The summed E-state index contributed by atoms with van der Waals surface area (Å²) in [6.45, 7) is 4.04. The summed E-state index contributed by atoms with van der Waals surface area (Å²) in [6.07, 6.45) is 4.25. The topological polar surface area (TPSA) is 41.1 Å². The molecular formula is C15H22N2O. The van der Waals surface area contributed by atoms with Crippen LogP contribution in [-0.4, -0.2) is 12.5 Å². The molecule has 1 saturated carbocycles.